The largest absolute Gasteiger partial charge is 0.332 e. The van der Waals surface area contributed by atoms with Crippen molar-refractivity contribution >= 4 is 23.3 Å². The second-order valence-corrected chi connectivity index (χ2v) is 6.04. The Hall–Kier alpha value is -1.88. The molecule has 1 amide bonds. The van der Waals surface area contributed by atoms with E-state index in [1.807, 2.05) is 24.2 Å². The van der Waals surface area contributed by atoms with Crippen LogP contribution in [0.1, 0.15) is 29.0 Å². The maximum absolute atomic E-state index is 12.3. The predicted molar refractivity (Wildman–Crippen MR) is 80.4 cm³/mol. The van der Waals surface area contributed by atoms with E-state index in [0.717, 1.165) is 18.5 Å². The number of hydrogen-bond acceptors (Lipinski definition) is 3. The number of amides is 1. The molecule has 0 saturated heterocycles. The molecular weight excluding hydrogens is 270 g/mol. The molecule has 3 rings (SSSR count). The molecule has 1 aliphatic rings. The van der Waals surface area contributed by atoms with E-state index in [-0.39, 0.29) is 11.9 Å². The molecule has 5 heteroatoms. The van der Waals surface area contributed by atoms with Crippen LogP contribution in [0.3, 0.4) is 0 Å². The Balaban J connectivity index is 1.74. The van der Waals surface area contributed by atoms with Gasteiger partial charge >= 0.3 is 0 Å². The number of nitrogens with zero attached hydrogens (tertiary/aromatic N) is 3. The Morgan fingerprint density at radius 1 is 1.55 bits per heavy atom. The number of carbonyl (C=O) groups is 1. The first-order valence-corrected chi connectivity index (χ1v) is 7.56. The van der Waals surface area contributed by atoms with E-state index in [1.54, 1.807) is 28.3 Å². The molecule has 4 nitrogen and oxygen atoms in total. The van der Waals surface area contributed by atoms with Gasteiger partial charge in [-0.25, -0.2) is 0 Å². The minimum Gasteiger partial charge on any atom is -0.332 e. The van der Waals surface area contributed by atoms with Gasteiger partial charge in [-0.2, -0.15) is 5.10 Å². The van der Waals surface area contributed by atoms with Crippen molar-refractivity contribution in [2.45, 2.75) is 19.4 Å². The van der Waals surface area contributed by atoms with Crippen molar-refractivity contribution in [1.29, 1.82) is 0 Å². The number of rotatable bonds is 2. The van der Waals surface area contributed by atoms with Crippen LogP contribution in [-0.2, 0) is 18.3 Å². The van der Waals surface area contributed by atoms with Gasteiger partial charge in [-0.05, 0) is 36.4 Å². The highest BCUT2D eigenvalue weighted by molar-refractivity contribution is 7.10. The van der Waals surface area contributed by atoms with Crippen molar-refractivity contribution < 1.29 is 4.79 Å². The van der Waals surface area contributed by atoms with Gasteiger partial charge in [0.2, 0.25) is 5.91 Å². The molecule has 0 spiro atoms. The van der Waals surface area contributed by atoms with Crippen LogP contribution in [0.5, 0.6) is 0 Å². The average Bonchev–Trinajstić information content (AvgIpc) is 3.05. The molecular formula is C15H17N3OS. The minimum atomic E-state index is 0.0678. The highest BCUT2D eigenvalue weighted by Crippen LogP contribution is 2.32. The monoisotopic (exact) mass is 287 g/mol. The molecule has 0 aliphatic carbocycles. The summed E-state index contributed by atoms with van der Waals surface area (Å²) in [6.07, 6.45) is 8.07. The number of hydrogen-bond donors (Lipinski definition) is 0. The van der Waals surface area contributed by atoms with Gasteiger partial charge in [0.1, 0.15) is 0 Å². The number of carbonyl (C=O) groups excluding carboxylic acids is 1. The Kier molecular flexibility index (Phi) is 3.44. The van der Waals surface area contributed by atoms with E-state index in [0.29, 0.717) is 0 Å². The maximum atomic E-state index is 12.3. The first-order valence-electron chi connectivity index (χ1n) is 6.69. The number of aromatic nitrogens is 2. The summed E-state index contributed by atoms with van der Waals surface area (Å²) in [5.41, 5.74) is 2.24. The molecule has 3 heterocycles. The fourth-order valence-electron chi connectivity index (χ4n) is 2.60. The van der Waals surface area contributed by atoms with Crippen LogP contribution >= 0.6 is 11.3 Å². The molecule has 0 N–H and O–H groups in total. The van der Waals surface area contributed by atoms with Crippen molar-refractivity contribution in [2.75, 3.05) is 6.54 Å². The lowest BCUT2D eigenvalue weighted by atomic mass is 10.0. The molecule has 1 atom stereocenters. The van der Waals surface area contributed by atoms with Crippen LogP contribution in [0.2, 0.25) is 0 Å². The van der Waals surface area contributed by atoms with Gasteiger partial charge in [0.05, 0.1) is 12.2 Å². The number of aryl methyl sites for hydroxylation is 1. The van der Waals surface area contributed by atoms with E-state index < -0.39 is 0 Å². The van der Waals surface area contributed by atoms with E-state index >= 15 is 0 Å². The summed E-state index contributed by atoms with van der Waals surface area (Å²) < 4.78 is 1.73. The summed E-state index contributed by atoms with van der Waals surface area (Å²) in [6.45, 7) is 2.89. The van der Waals surface area contributed by atoms with E-state index in [9.17, 15) is 4.79 Å². The molecule has 104 valence electrons. The van der Waals surface area contributed by atoms with Crippen LogP contribution in [0.15, 0.2) is 29.9 Å². The van der Waals surface area contributed by atoms with E-state index in [2.05, 4.69) is 23.5 Å². The zero-order chi connectivity index (χ0) is 14.1. The standard InChI is InChI=1S/C15H17N3OS/c1-11-13-6-8-20-14(13)5-7-18(11)15(19)4-3-12-9-16-17(2)10-12/h3-4,6,8-11H,5,7H2,1-2H3. The summed E-state index contributed by atoms with van der Waals surface area (Å²) in [4.78, 5) is 15.7. The summed E-state index contributed by atoms with van der Waals surface area (Å²) in [7, 11) is 1.87. The summed E-state index contributed by atoms with van der Waals surface area (Å²) in [6, 6.07) is 2.30. The molecule has 2 aromatic rings. The molecule has 2 aromatic heterocycles. The van der Waals surface area contributed by atoms with Crippen LogP contribution in [0.4, 0.5) is 0 Å². The number of fused-ring (bicyclic) bond motifs is 1. The van der Waals surface area contributed by atoms with Gasteiger partial charge in [-0.1, -0.05) is 0 Å². The quantitative estimate of drug-likeness (QED) is 0.796. The SMILES string of the molecule is CC1c2ccsc2CCN1C(=O)C=Cc1cnn(C)c1. The zero-order valence-electron chi connectivity index (χ0n) is 11.6. The summed E-state index contributed by atoms with van der Waals surface area (Å²) in [5.74, 6) is 0.0678. The second-order valence-electron chi connectivity index (χ2n) is 5.04. The van der Waals surface area contributed by atoms with Gasteiger partial charge in [-0.3, -0.25) is 9.48 Å². The van der Waals surface area contributed by atoms with Crippen LogP contribution < -0.4 is 0 Å². The normalized spacial score (nSPS) is 18.5. The third-order valence-electron chi connectivity index (χ3n) is 3.70. The van der Waals surface area contributed by atoms with Gasteiger partial charge in [0.25, 0.3) is 0 Å². The maximum Gasteiger partial charge on any atom is 0.247 e. The minimum absolute atomic E-state index is 0.0678. The van der Waals surface area contributed by atoms with Gasteiger partial charge in [0.15, 0.2) is 0 Å². The van der Waals surface area contributed by atoms with Crippen molar-refractivity contribution in [3.05, 3.63) is 45.9 Å². The lowest BCUT2D eigenvalue weighted by molar-refractivity contribution is -0.128. The third-order valence-corrected chi connectivity index (χ3v) is 4.70. The lowest BCUT2D eigenvalue weighted by Crippen LogP contribution is -2.37. The van der Waals surface area contributed by atoms with Gasteiger partial charge in [-0.15, -0.1) is 11.3 Å². The van der Waals surface area contributed by atoms with Crippen molar-refractivity contribution in [3.8, 4) is 0 Å². The molecule has 1 unspecified atom stereocenters. The summed E-state index contributed by atoms with van der Waals surface area (Å²) in [5, 5.41) is 6.20. The number of thiophene rings is 1. The van der Waals surface area contributed by atoms with Crippen molar-refractivity contribution in [1.82, 2.24) is 14.7 Å². The van der Waals surface area contributed by atoms with E-state index in [4.69, 9.17) is 0 Å². The molecule has 0 bridgehead atoms. The molecule has 0 radical (unpaired) electrons. The second kappa shape index (κ2) is 5.25. The zero-order valence-corrected chi connectivity index (χ0v) is 12.4. The summed E-state index contributed by atoms with van der Waals surface area (Å²) >= 11 is 1.79. The molecule has 20 heavy (non-hydrogen) atoms. The Morgan fingerprint density at radius 3 is 3.15 bits per heavy atom. The van der Waals surface area contributed by atoms with Crippen molar-refractivity contribution in [3.63, 3.8) is 0 Å². The highest BCUT2D eigenvalue weighted by Gasteiger charge is 2.26. The van der Waals surface area contributed by atoms with Crippen molar-refractivity contribution in [2.24, 2.45) is 7.05 Å². The molecule has 0 aromatic carbocycles. The van der Waals surface area contributed by atoms with E-state index in [1.165, 1.54) is 10.4 Å². The smallest absolute Gasteiger partial charge is 0.247 e. The Labute approximate surface area is 122 Å². The van der Waals surface area contributed by atoms with Crippen LogP contribution in [0, 0.1) is 0 Å². The Bertz CT molecular complexity index is 656. The molecule has 1 aliphatic heterocycles. The van der Waals surface area contributed by atoms with Crippen LogP contribution in [-0.4, -0.2) is 27.1 Å². The fraction of sp³-hybridized carbons (Fsp3) is 0.333. The predicted octanol–water partition coefficient (Wildman–Crippen LogP) is 2.64. The lowest BCUT2D eigenvalue weighted by Gasteiger charge is -2.32. The third kappa shape index (κ3) is 2.41. The average molecular weight is 287 g/mol. The Morgan fingerprint density at radius 2 is 2.40 bits per heavy atom. The van der Waals surface area contributed by atoms with Gasteiger partial charge < -0.3 is 4.90 Å². The first-order chi connectivity index (χ1) is 9.65. The molecule has 0 fully saturated rings. The topological polar surface area (TPSA) is 38.1 Å². The van der Waals surface area contributed by atoms with Gasteiger partial charge in [0, 0.05) is 36.3 Å². The van der Waals surface area contributed by atoms with Crippen LogP contribution in [0.25, 0.3) is 6.08 Å². The fourth-order valence-corrected chi connectivity index (χ4v) is 3.56. The molecule has 0 saturated carbocycles. The highest BCUT2D eigenvalue weighted by atomic mass is 32.1. The first kappa shape index (κ1) is 13.1.